The summed E-state index contributed by atoms with van der Waals surface area (Å²) in [6, 6.07) is 7.61. The molecule has 1 heterocycles. The number of aryl methyl sites for hydroxylation is 1. The summed E-state index contributed by atoms with van der Waals surface area (Å²) in [5.74, 6) is -0.935. The number of unbranched alkanes of at least 4 members (excludes halogenated alkanes) is 1. The van der Waals surface area contributed by atoms with Gasteiger partial charge in [0.15, 0.2) is 28.4 Å². The van der Waals surface area contributed by atoms with E-state index in [-0.39, 0.29) is 40.8 Å². The lowest BCUT2D eigenvalue weighted by atomic mass is 10.1. The summed E-state index contributed by atoms with van der Waals surface area (Å²) >= 11 is 5.76. The zero-order chi connectivity index (χ0) is 25.1. The predicted octanol–water partition coefficient (Wildman–Crippen LogP) is 1.49. The van der Waals surface area contributed by atoms with Crippen LogP contribution in [-0.2, 0) is 11.2 Å². The Morgan fingerprint density at radius 3 is 2.38 bits per heavy atom. The van der Waals surface area contributed by atoms with E-state index >= 15 is 0 Å². The fourth-order valence-corrected chi connectivity index (χ4v) is 2.96. The zero-order valence-electron chi connectivity index (χ0n) is 18.8. The minimum Gasteiger partial charge on any atom is -0.382 e. The molecule has 182 valence electrons. The molecule has 2 aromatic rings. The largest absolute Gasteiger partial charge is 0.382 e. The molecule has 0 bridgehead atoms. The predicted molar refractivity (Wildman–Crippen MR) is 133 cm³/mol. The Kier molecular flexibility index (Phi) is 10.0. The maximum absolute atomic E-state index is 12.2. The molecule has 12 nitrogen and oxygen atoms in total. The SMILES string of the molecule is CC(=N)NCCC(=O)Nc1ccc(CCCCNC(=N)NC(=O)c2nc(Cl)c(N)nc2N)cc1. The number of nitrogens with one attached hydrogen (secondary N) is 6. The van der Waals surface area contributed by atoms with Crippen LogP contribution in [0.15, 0.2) is 24.3 Å². The number of nitrogens with two attached hydrogens (primary N) is 2. The molecule has 1 aromatic heterocycles. The van der Waals surface area contributed by atoms with Crippen LogP contribution >= 0.6 is 11.6 Å². The van der Waals surface area contributed by atoms with Gasteiger partial charge in [0, 0.05) is 25.2 Å². The van der Waals surface area contributed by atoms with Crippen LogP contribution in [0.4, 0.5) is 17.3 Å². The van der Waals surface area contributed by atoms with Crippen LogP contribution < -0.4 is 32.7 Å². The first-order valence-electron chi connectivity index (χ1n) is 10.6. The Bertz CT molecular complexity index is 1040. The number of amides is 2. The van der Waals surface area contributed by atoms with Crippen molar-refractivity contribution in [3.05, 3.63) is 40.7 Å². The van der Waals surface area contributed by atoms with Crippen molar-refractivity contribution in [3.8, 4) is 0 Å². The van der Waals surface area contributed by atoms with E-state index in [0.717, 1.165) is 30.5 Å². The van der Waals surface area contributed by atoms with E-state index in [1.807, 2.05) is 24.3 Å². The van der Waals surface area contributed by atoms with Gasteiger partial charge < -0.3 is 27.4 Å². The molecule has 1 aromatic carbocycles. The number of hydrogen-bond acceptors (Lipinski definition) is 8. The van der Waals surface area contributed by atoms with Crippen LogP contribution in [0.25, 0.3) is 0 Å². The minimum absolute atomic E-state index is 0.0777. The minimum atomic E-state index is -0.710. The van der Waals surface area contributed by atoms with Crippen molar-refractivity contribution in [2.45, 2.75) is 32.6 Å². The van der Waals surface area contributed by atoms with Gasteiger partial charge in [-0.1, -0.05) is 23.7 Å². The third-order valence-electron chi connectivity index (χ3n) is 4.53. The Morgan fingerprint density at radius 1 is 1.00 bits per heavy atom. The van der Waals surface area contributed by atoms with Crippen LogP contribution in [0.3, 0.4) is 0 Å². The van der Waals surface area contributed by atoms with E-state index in [2.05, 4.69) is 31.2 Å². The molecule has 2 amide bonds. The highest BCUT2D eigenvalue weighted by Gasteiger charge is 2.16. The van der Waals surface area contributed by atoms with E-state index < -0.39 is 5.91 Å². The van der Waals surface area contributed by atoms with E-state index in [9.17, 15) is 9.59 Å². The van der Waals surface area contributed by atoms with Crippen molar-refractivity contribution < 1.29 is 9.59 Å². The van der Waals surface area contributed by atoms with Gasteiger partial charge in [-0.2, -0.15) is 0 Å². The maximum Gasteiger partial charge on any atom is 0.280 e. The lowest BCUT2D eigenvalue weighted by molar-refractivity contribution is -0.116. The third-order valence-corrected chi connectivity index (χ3v) is 4.81. The molecular weight excluding hydrogens is 460 g/mol. The molecule has 13 heteroatoms. The molecule has 0 radical (unpaired) electrons. The van der Waals surface area contributed by atoms with Gasteiger partial charge in [-0.05, 0) is 43.9 Å². The van der Waals surface area contributed by atoms with E-state index in [0.29, 0.717) is 18.9 Å². The van der Waals surface area contributed by atoms with Crippen LogP contribution in [0.2, 0.25) is 5.15 Å². The second-order valence-corrected chi connectivity index (χ2v) is 7.75. The number of carbonyl (C=O) groups is 2. The van der Waals surface area contributed by atoms with E-state index in [4.69, 9.17) is 33.9 Å². The van der Waals surface area contributed by atoms with Crippen LogP contribution in [-0.4, -0.2) is 46.7 Å². The molecule has 34 heavy (non-hydrogen) atoms. The number of nitrogen functional groups attached to an aromatic ring is 2. The molecule has 0 atom stereocenters. The smallest absolute Gasteiger partial charge is 0.280 e. The topological polar surface area (TPSA) is 208 Å². The Balaban J connectivity index is 1.65. The number of hydrogen-bond donors (Lipinski definition) is 8. The highest BCUT2D eigenvalue weighted by atomic mass is 35.5. The van der Waals surface area contributed by atoms with Gasteiger partial charge in [-0.25, -0.2) is 9.97 Å². The lowest BCUT2D eigenvalue weighted by Crippen LogP contribution is -2.41. The van der Waals surface area contributed by atoms with Gasteiger partial charge in [0.2, 0.25) is 5.91 Å². The second-order valence-electron chi connectivity index (χ2n) is 7.39. The standard InChI is InChI=1S/C21H29ClN10O2/c1-12(23)27-11-9-15(33)29-14-7-5-13(6-8-14)4-2-3-10-28-21(26)32-20(34)16-18(24)31-19(25)17(22)30-16/h5-8H,2-4,9-11H2,1H3,(H2,23,27)(H,29,33)(H4,24,25,31)(H3,26,28,32,34). The maximum atomic E-state index is 12.2. The molecule has 0 saturated carbocycles. The first kappa shape index (κ1) is 26.3. The van der Waals surface area contributed by atoms with Crippen molar-refractivity contribution in [1.82, 2.24) is 25.9 Å². The van der Waals surface area contributed by atoms with Crippen molar-refractivity contribution >= 4 is 52.5 Å². The number of aromatic nitrogens is 2. The molecule has 0 aliphatic heterocycles. The number of anilines is 3. The fraction of sp³-hybridized carbons (Fsp3) is 0.333. The summed E-state index contributed by atoms with van der Waals surface area (Å²) in [5, 5.41) is 25.7. The quantitative estimate of drug-likeness (QED) is 0.139. The van der Waals surface area contributed by atoms with Crippen molar-refractivity contribution in [3.63, 3.8) is 0 Å². The van der Waals surface area contributed by atoms with Crippen molar-refractivity contribution in [1.29, 1.82) is 10.8 Å². The number of nitrogens with zero attached hydrogens (tertiary/aromatic N) is 2. The van der Waals surface area contributed by atoms with Crippen LogP contribution in [0.5, 0.6) is 0 Å². The summed E-state index contributed by atoms with van der Waals surface area (Å²) in [5.41, 5.74) is 12.7. The second kappa shape index (κ2) is 12.9. The number of rotatable bonds is 10. The highest BCUT2D eigenvalue weighted by molar-refractivity contribution is 6.31. The summed E-state index contributed by atoms with van der Waals surface area (Å²) in [6.45, 7) is 2.53. The van der Waals surface area contributed by atoms with E-state index in [1.165, 1.54) is 0 Å². The summed E-state index contributed by atoms with van der Waals surface area (Å²) in [7, 11) is 0. The Morgan fingerprint density at radius 2 is 1.71 bits per heavy atom. The first-order valence-corrected chi connectivity index (χ1v) is 10.9. The van der Waals surface area contributed by atoms with Crippen LogP contribution in [0, 0.1) is 10.8 Å². The Labute approximate surface area is 202 Å². The number of carbonyl (C=O) groups excluding carboxylic acids is 2. The van der Waals surface area contributed by atoms with Gasteiger partial charge >= 0.3 is 0 Å². The molecule has 0 spiro atoms. The summed E-state index contributed by atoms with van der Waals surface area (Å²) < 4.78 is 0. The van der Waals surface area contributed by atoms with Gasteiger partial charge in [-0.3, -0.25) is 25.7 Å². The normalized spacial score (nSPS) is 10.3. The highest BCUT2D eigenvalue weighted by Crippen LogP contribution is 2.17. The van der Waals surface area contributed by atoms with Gasteiger partial charge in [-0.15, -0.1) is 0 Å². The molecule has 0 saturated heterocycles. The molecular formula is C21H29ClN10O2. The zero-order valence-corrected chi connectivity index (χ0v) is 19.6. The third kappa shape index (κ3) is 8.90. The first-order chi connectivity index (χ1) is 16.2. The molecule has 0 aliphatic carbocycles. The van der Waals surface area contributed by atoms with Gasteiger partial charge in [0.25, 0.3) is 5.91 Å². The number of benzene rings is 1. The number of amidine groups is 1. The fourth-order valence-electron chi connectivity index (χ4n) is 2.83. The average Bonchev–Trinajstić information content (AvgIpc) is 2.76. The number of halogens is 1. The molecule has 10 N–H and O–H groups in total. The molecule has 0 aliphatic rings. The van der Waals surface area contributed by atoms with Crippen molar-refractivity contribution in [2.75, 3.05) is 29.9 Å². The monoisotopic (exact) mass is 488 g/mol. The van der Waals surface area contributed by atoms with Gasteiger partial charge in [0.05, 0.1) is 5.84 Å². The number of guanidine groups is 1. The molecule has 2 rings (SSSR count). The summed E-state index contributed by atoms with van der Waals surface area (Å²) in [4.78, 5) is 31.6. The van der Waals surface area contributed by atoms with Crippen molar-refractivity contribution in [2.24, 2.45) is 0 Å². The lowest BCUT2D eigenvalue weighted by Gasteiger charge is -2.10. The summed E-state index contributed by atoms with van der Waals surface area (Å²) in [6.07, 6.45) is 2.75. The van der Waals surface area contributed by atoms with Gasteiger partial charge in [0.1, 0.15) is 0 Å². The molecule has 0 unspecified atom stereocenters. The average molecular weight is 489 g/mol. The van der Waals surface area contributed by atoms with Crippen LogP contribution in [0.1, 0.15) is 42.2 Å². The van der Waals surface area contributed by atoms with E-state index in [1.54, 1.807) is 6.92 Å². The Hall–Kier alpha value is -3.93. The molecule has 0 fully saturated rings.